The van der Waals surface area contributed by atoms with Gasteiger partial charge in [-0.25, -0.2) is 23.4 Å². The lowest BCUT2D eigenvalue weighted by Crippen LogP contribution is -2.29. The van der Waals surface area contributed by atoms with Gasteiger partial charge in [0, 0.05) is 11.5 Å². The average molecular weight is 557 g/mol. The molecule has 2 aliphatic rings. The van der Waals surface area contributed by atoms with Crippen molar-refractivity contribution in [3.63, 3.8) is 0 Å². The van der Waals surface area contributed by atoms with Crippen molar-refractivity contribution >= 4 is 27.3 Å². The molecular weight excluding hydrogens is 537 g/mol. The Labute approximate surface area is 214 Å². The van der Waals surface area contributed by atoms with Gasteiger partial charge in [0.2, 0.25) is 0 Å². The summed E-state index contributed by atoms with van der Waals surface area (Å²) in [5, 5.41) is 6.73. The summed E-state index contributed by atoms with van der Waals surface area (Å²) in [4.78, 5) is 25.5. The Morgan fingerprint density at radius 3 is 2.43 bits per heavy atom. The molecule has 0 unspecified atom stereocenters. The maximum Gasteiger partial charge on any atom is 0.573 e. The third-order valence-corrected chi connectivity index (χ3v) is 8.23. The molecule has 2 heterocycles. The molecule has 2 fully saturated rings. The van der Waals surface area contributed by atoms with Crippen LogP contribution in [-0.2, 0) is 9.84 Å². The molecule has 3 aromatic rings. The molecule has 10 nitrogen and oxygen atoms in total. The van der Waals surface area contributed by atoms with Crippen molar-refractivity contribution in [1.29, 1.82) is 0 Å². The third-order valence-electron chi connectivity index (χ3n) is 5.79. The molecule has 1 atom stereocenters. The summed E-state index contributed by atoms with van der Waals surface area (Å²) in [6.07, 6.45) is 0.309. The number of nitrogens with one attached hydrogen (secondary N) is 1. The van der Waals surface area contributed by atoms with Gasteiger partial charge in [0.05, 0.1) is 33.6 Å². The molecule has 196 valence electrons. The van der Waals surface area contributed by atoms with Crippen molar-refractivity contribution in [2.24, 2.45) is 0 Å². The zero-order valence-corrected chi connectivity index (χ0v) is 20.8. The Hall–Kier alpha value is -3.26. The first-order valence-corrected chi connectivity index (χ1v) is 13.2. The van der Waals surface area contributed by atoms with Gasteiger partial charge < -0.3 is 10.1 Å². The number of sulfone groups is 1. The van der Waals surface area contributed by atoms with E-state index >= 15 is 0 Å². The van der Waals surface area contributed by atoms with Gasteiger partial charge in [-0.3, -0.25) is 4.79 Å². The summed E-state index contributed by atoms with van der Waals surface area (Å²) < 4.78 is 69.4. The molecule has 1 aromatic carbocycles. The molecule has 5 rings (SSSR count). The highest BCUT2D eigenvalue weighted by Crippen LogP contribution is 2.39. The van der Waals surface area contributed by atoms with Gasteiger partial charge >= 0.3 is 6.36 Å². The fourth-order valence-electron chi connectivity index (χ4n) is 3.67. The Kier molecular flexibility index (Phi) is 6.34. The number of alkyl halides is 3. The highest BCUT2D eigenvalue weighted by molar-refractivity contribution is 7.92. The number of nitrogens with zero attached hydrogens (tertiary/aromatic N) is 5. The van der Waals surface area contributed by atoms with E-state index in [1.165, 1.54) is 17.1 Å². The first-order chi connectivity index (χ1) is 17.4. The molecule has 0 spiro atoms. The molecule has 0 aliphatic heterocycles. The highest BCUT2D eigenvalue weighted by atomic mass is 35.5. The van der Waals surface area contributed by atoms with Crippen LogP contribution in [0.2, 0.25) is 5.02 Å². The number of aromatic nitrogens is 5. The van der Waals surface area contributed by atoms with Gasteiger partial charge in [0.25, 0.3) is 11.9 Å². The van der Waals surface area contributed by atoms with Crippen LogP contribution < -0.4 is 10.1 Å². The summed E-state index contributed by atoms with van der Waals surface area (Å²) >= 11 is 5.87. The highest BCUT2D eigenvalue weighted by Gasteiger charge is 2.39. The van der Waals surface area contributed by atoms with Crippen LogP contribution in [0.1, 0.15) is 66.6 Å². The SMILES string of the molecule is C[C@H](NC(=O)c1cc(OC(F)(F)F)cc(S(=O)(=O)C2CC2)c1)c1nc(C2CC2)nn1-c1ncc(Cl)cn1. The second-order valence-electron chi connectivity index (χ2n) is 8.90. The number of hydrogen-bond donors (Lipinski definition) is 1. The molecule has 0 bridgehead atoms. The van der Waals surface area contributed by atoms with Gasteiger partial charge in [0.1, 0.15) is 5.75 Å². The molecule has 1 amide bonds. The van der Waals surface area contributed by atoms with Crippen molar-refractivity contribution < 1.29 is 31.1 Å². The smallest absolute Gasteiger partial charge is 0.406 e. The normalized spacial score (nSPS) is 16.9. The fraction of sp³-hybridized carbons (Fsp3) is 0.409. The Morgan fingerprint density at radius 2 is 1.84 bits per heavy atom. The minimum Gasteiger partial charge on any atom is -0.406 e. The second kappa shape index (κ2) is 9.24. The zero-order chi connectivity index (χ0) is 26.5. The number of hydrogen-bond acceptors (Lipinski definition) is 8. The van der Waals surface area contributed by atoms with Crippen LogP contribution in [-0.4, -0.2) is 50.7 Å². The molecule has 1 N–H and O–H groups in total. The number of rotatable bonds is 8. The van der Waals surface area contributed by atoms with E-state index in [4.69, 9.17) is 11.6 Å². The second-order valence-corrected chi connectivity index (χ2v) is 11.6. The van der Waals surface area contributed by atoms with Crippen molar-refractivity contribution in [3.05, 3.63) is 52.8 Å². The molecule has 2 saturated carbocycles. The predicted molar refractivity (Wildman–Crippen MR) is 123 cm³/mol. The summed E-state index contributed by atoms with van der Waals surface area (Å²) in [6.45, 7) is 1.60. The topological polar surface area (TPSA) is 129 Å². The van der Waals surface area contributed by atoms with Gasteiger partial charge in [-0.15, -0.1) is 18.3 Å². The largest absolute Gasteiger partial charge is 0.573 e. The fourth-order valence-corrected chi connectivity index (χ4v) is 5.48. The number of carbonyl (C=O) groups is 1. The lowest BCUT2D eigenvalue weighted by molar-refractivity contribution is -0.274. The lowest BCUT2D eigenvalue weighted by atomic mass is 10.2. The minimum absolute atomic E-state index is 0.165. The van der Waals surface area contributed by atoms with Crippen LogP contribution in [0.4, 0.5) is 13.2 Å². The van der Waals surface area contributed by atoms with E-state index < -0.39 is 44.0 Å². The van der Waals surface area contributed by atoms with Crippen LogP contribution in [0.5, 0.6) is 5.75 Å². The Bertz CT molecular complexity index is 1450. The standard InChI is InChI=1S/C22H20ClF3N6O4S/c1-11(19-30-18(12-2-3-12)31-32(19)21-27-9-14(23)10-28-21)29-20(33)13-6-15(36-22(24,25)26)8-17(7-13)37(34,35)16-4-5-16/h6-12,16H,2-5H2,1H3,(H,29,33)/t11-/m0/s1. The van der Waals surface area contributed by atoms with E-state index in [0.717, 1.165) is 31.0 Å². The van der Waals surface area contributed by atoms with Crippen LogP contribution in [0, 0.1) is 0 Å². The van der Waals surface area contributed by atoms with Gasteiger partial charge in [-0.2, -0.15) is 4.68 Å². The van der Waals surface area contributed by atoms with Crippen molar-refractivity contribution in [1.82, 2.24) is 30.0 Å². The number of carbonyl (C=O) groups excluding carboxylic acids is 1. The Balaban J connectivity index is 1.46. The average Bonchev–Trinajstić information content (AvgIpc) is 3.75. The van der Waals surface area contributed by atoms with Crippen LogP contribution >= 0.6 is 11.6 Å². The van der Waals surface area contributed by atoms with E-state index in [1.54, 1.807) is 6.92 Å². The third kappa shape index (κ3) is 5.69. The monoisotopic (exact) mass is 556 g/mol. The van der Waals surface area contributed by atoms with Gasteiger partial charge in [-0.1, -0.05) is 11.6 Å². The number of ether oxygens (including phenoxy) is 1. The molecule has 2 aromatic heterocycles. The first-order valence-electron chi connectivity index (χ1n) is 11.3. The van der Waals surface area contributed by atoms with E-state index in [2.05, 4.69) is 30.1 Å². The molecule has 2 aliphatic carbocycles. The lowest BCUT2D eigenvalue weighted by Gasteiger charge is -2.16. The van der Waals surface area contributed by atoms with Crippen LogP contribution in [0.3, 0.4) is 0 Å². The maximum absolute atomic E-state index is 13.1. The Morgan fingerprint density at radius 1 is 1.16 bits per heavy atom. The quantitative estimate of drug-likeness (QED) is 0.442. The predicted octanol–water partition coefficient (Wildman–Crippen LogP) is 3.91. The minimum atomic E-state index is -5.07. The molecule has 0 saturated heterocycles. The van der Waals surface area contributed by atoms with Crippen molar-refractivity contribution in [3.8, 4) is 11.7 Å². The zero-order valence-electron chi connectivity index (χ0n) is 19.2. The summed E-state index contributed by atoms with van der Waals surface area (Å²) in [7, 11) is -3.91. The van der Waals surface area contributed by atoms with Crippen LogP contribution in [0.15, 0.2) is 35.5 Å². The number of benzene rings is 1. The van der Waals surface area contributed by atoms with E-state index in [1.807, 2.05) is 0 Å². The van der Waals surface area contributed by atoms with E-state index in [9.17, 15) is 26.4 Å². The molecule has 0 radical (unpaired) electrons. The van der Waals surface area contributed by atoms with Crippen LogP contribution in [0.25, 0.3) is 5.95 Å². The number of amides is 1. The summed E-state index contributed by atoms with van der Waals surface area (Å²) in [5.74, 6) is -0.466. The van der Waals surface area contributed by atoms with E-state index in [-0.39, 0.29) is 23.3 Å². The number of halogens is 4. The van der Waals surface area contributed by atoms with E-state index in [0.29, 0.717) is 23.7 Å². The van der Waals surface area contributed by atoms with Gasteiger partial charge in [-0.05, 0) is 50.8 Å². The molecule has 37 heavy (non-hydrogen) atoms. The first kappa shape index (κ1) is 25.4. The van der Waals surface area contributed by atoms with Gasteiger partial charge in [0.15, 0.2) is 21.5 Å². The maximum atomic E-state index is 13.1. The molecular formula is C22H20ClF3N6O4S. The molecule has 15 heteroatoms. The summed E-state index contributed by atoms with van der Waals surface area (Å²) in [5.41, 5.74) is -0.316. The van der Waals surface area contributed by atoms with Crippen molar-refractivity contribution in [2.75, 3.05) is 0 Å². The summed E-state index contributed by atoms with van der Waals surface area (Å²) in [6, 6.07) is 1.85. The van der Waals surface area contributed by atoms with Crippen molar-refractivity contribution in [2.45, 2.75) is 61.1 Å².